The molecule has 0 fully saturated rings. The topological polar surface area (TPSA) is 74.3 Å². The predicted molar refractivity (Wildman–Crippen MR) is 120 cm³/mol. The van der Waals surface area contributed by atoms with E-state index in [0.717, 1.165) is 16.9 Å². The molecule has 0 spiro atoms. The number of esters is 1. The molecule has 2 rings (SSSR count). The fourth-order valence-corrected chi connectivity index (χ4v) is 3.99. The van der Waals surface area contributed by atoms with Crippen molar-refractivity contribution < 1.29 is 28.5 Å². The minimum Gasteiger partial charge on any atom is -0.497 e. The van der Waals surface area contributed by atoms with E-state index in [1.807, 2.05) is 54.6 Å². The molecule has 2 aromatic rings. The van der Waals surface area contributed by atoms with Gasteiger partial charge in [-0.05, 0) is 30.2 Å². The summed E-state index contributed by atoms with van der Waals surface area (Å²) in [4.78, 5) is 27.5. The fourth-order valence-electron chi connectivity index (χ4n) is 2.89. The largest absolute Gasteiger partial charge is 0.497 e. The highest BCUT2D eigenvalue weighted by atomic mass is 32.2. The molecule has 2 aromatic carbocycles. The van der Waals surface area contributed by atoms with Crippen LogP contribution in [-0.4, -0.2) is 56.4 Å². The van der Waals surface area contributed by atoms with Crippen LogP contribution < -0.4 is 4.74 Å². The van der Waals surface area contributed by atoms with Gasteiger partial charge in [-0.25, -0.2) is 4.79 Å². The minimum absolute atomic E-state index is 0.210. The lowest BCUT2D eigenvalue weighted by Gasteiger charge is -2.32. The molecular weight excluding hydrogens is 418 g/mol. The van der Waals surface area contributed by atoms with Crippen LogP contribution in [0, 0.1) is 0 Å². The van der Waals surface area contributed by atoms with Gasteiger partial charge in [-0.2, -0.15) is 0 Å². The Morgan fingerprint density at radius 1 is 0.935 bits per heavy atom. The van der Waals surface area contributed by atoms with Crippen molar-refractivity contribution in [2.24, 2.45) is 0 Å². The molecule has 1 amide bonds. The van der Waals surface area contributed by atoms with E-state index in [-0.39, 0.29) is 13.2 Å². The third-order valence-electron chi connectivity index (χ3n) is 4.45. The van der Waals surface area contributed by atoms with Gasteiger partial charge in [0.25, 0.3) is 5.91 Å². The average Bonchev–Trinajstić information content (AvgIpc) is 2.80. The van der Waals surface area contributed by atoms with Gasteiger partial charge in [0.05, 0.1) is 13.7 Å². The summed E-state index contributed by atoms with van der Waals surface area (Å²) < 4.78 is 20.8. The van der Waals surface area contributed by atoms with Crippen molar-refractivity contribution in [3.05, 3.63) is 65.7 Å². The Hall–Kier alpha value is -2.55. The maximum atomic E-state index is 13.2. The van der Waals surface area contributed by atoms with Crippen molar-refractivity contribution in [1.82, 2.24) is 4.90 Å². The molecule has 0 aliphatic heterocycles. The Morgan fingerprint density at radius 3 is 2.13 bits per heavy atom. The highest BCUT2D eigenvalue weighted by molar-refractivity contribution is 7.99. The highest BCUT2D eigenvalue weighted by Gasteiger charge is 2.35. The summed E-state index contributed by atoms with van der Waals surface area (Å²) in [5.74, 6) is 0.307. The number of nitrogens with zero attached hydrogens (tertiary/aromatic N) is 1. The number of hydrogen-bond acceptors (Lipinski definition) is 7. The monoisotopic (exact) mass is 447 g/mol. The number of methoxy groups -OCH3 is 3. The van der Waals surface area contributed by atoms with Gasteiger partial charge >= 0.3 is 5.97 Å². The van der Waals surface area contributed by atoms with E-state index >= 15 is 0 Å². The number of carbonyl (C=O) groups is 2. The lowest BCUT2D eigenvalue weighted by molar-refractivity contribution is -0.174. The summed E-state index contributed by atoms with van der Waals surface area (Å²) in [5.41, 5.74) is 1.86. The molecule has 1 unspecified atom stereocenters. The van der Waals surface area contributed by atoms with Gasteiger partial charge in [-0.1, -0.05) is 42.5 Å². The predicted octanol–water partition coefficient (Wildman–Crippen LogP) is 3.47. The average molecular weight is 448 g/mol. The first-order valence-electron chi connectivity index (χ1n) is 9.85. The summed E-state index contributed by atoms with van der Waals surface area (Å²) in [6.07, 6.45) is -1.12. The van der Waals surface area contributed by atoms with Crippen molar-refractivity contribution in [3.8, 4) is 5.75 Å². The summed E-state index contributed by atoms with van der Waals surface area (Å²) in [5, 5.41) is -0.873. The molecule has 7 nitrogen and oxygen atoms in total. The second kappa shape index (κ2) is 13.0. The standard InChI is InChI=1S/C23H29NO6S/c1-5-30-22(26)21(31-16-18-11-13-19(27-2)14-12-18)24(20(25)23(28-3)29-4)15-17-9-7-6-8-10-17/h6-14,21,23H,5,15-16H2,1-4H3. The third-order valence-corrected chi connectivity index (χ3v) is 5.71. The molecule has 0 aliphatic rings. The number of ether oxygens (including phenoxy) is 4. The normalized spacial score (nSPS) is 11.8. The van der Waals surface area contributed by atoms with Crippen LogP contribution in [0.1, 0.15) is 18.1 Å². The minimum atomic E-state index is -1.12. The Labute approximate surface area is 187 Å². The first-order valence-corrected chi connectivity index (χ1v) is 10.9. The number of amides is 1. The van der Waals surface area contributed by atoms with Crippen molar-refractivity contribution in [2.45, 2.75) is 30.9 Å². The number of hydrogen-bond donors (Lipinski definition) is 0. The van der Waals surface area contributed by atoms with Gasteiger partial charge in [-0.15, -0.1) is 11.8 Å². The van der Waals surface area contributed by atoms with E-state index in [1.54, 1.807) is 14.0 Å². The van der Waals surface area contributed by atoms with Crippen LogP contribution in [0.2, 0.25) is 0 Å². The van der Waals surface area contributed by atoms with Crippen LogP contribution in [-0.2, 0) is 36.1 Å². The maximum Gasteiger partial charge on any atom is 0.339 e. The number of thioether (sulfide) groups is 1. The molecule has 0 radical (unpaired) electrons. The van der Waals surface area contributed by atoms with E-state index < -0.39 is 23.5 Å². The van der Waals surface area contributed by atoms with Gasteiger partial charge in [0, 0.05) is 26.5 Å². The zero-order valence-corrected chi connectivity index (χ0v) is 19.1. The summed E-state index contributed by atoms with van der Waals surface area (Å²) >= 11 is 1.31. The molecule has 0 heterocycles. The Kier molecular flexibility index (Phi) is 10.4. The van der Waals surface area contributed by atoms with Crippen molar-refractivity contribution in [3.63, 3.8) is 0 Å². The Balaban J connectivity index is 2.31. The zero-order chi connectivity index (χ0) is 22.6. The first-order chi connectivity index (χ1) is 15.0. The van der Waals surface area contributed by atoms with Crippen molar-refractivity contribution in [2.75, 3.05) is 27.9 Å². The Bertz CT molecular complexity index is 811. The van der Waals surface area contributed by atoms with Crippen LogP contribution in [0.4, 0.5) is 0 Å². The van der Waals surface area contributed by atoms with Gasteiger partial charge in [0.2, 0.25) is 6.29 Å². The van der Waals surface area contributed by atoms with Crippen LogP contribution in [0.15, 0.2) is 54.6 Å². The number of rotatable bonds is 12. The molecule has 0 N–H and O–H groups in total. The highest BCUT2D eigenvalue weighted by Crippen LogP contribution is 2.26. The van der Waals surface area contributed by atoms with Crippen LogP contribution in [0.3, 0.4) is 0 Å². The van der Waals surface area contributed by atoms with E-state index in [1.165, 1.54) is 30.9 Å². The first kappa shape index (κ1) is 24.7. The van der Waals surface area contributed by atoms with E-state index in [4.69, 9.17) is 18.9 Å². The second-order valence-electron chi connectivity index (χ2n) is 6.52. The number of benzene rings is 2. The summed E-state index contributed by atoms with van der Waals surface area (Å²) in [7, 11) is 4.38. The van der Waals surface area contributed by atoms with Crippen LogP contribution in [0.25, 0.3) is 0 Å². The van der Waals surface area contributed by atoms with Gasteiger partial charge in [0.1, 0.15) is 5.75 Å². The molecule has 0 saturated heterocycles. The van der Waals surface area contributed by atoms with Crippen LogP contribution in [0.5, 0.6) is 5.75 Å². The summed E-state index contributed by atoms with van der Waals surface area (Å²) in [6, 6.07) is 17.0. The van der Waals surface area contributed by atoms with Crippen molar-refractivity contribution in [1.29, 1.82) is 0 Å². The fraction of sp³-hybridized carbons (Fsp3) is 0.391. The molecule has 8 heteroatoms. The zero-order valence-electron chi connectivity index (χ0n) is 18.3. The van der Waals surface area contributed by atoms with E-state index in [0.29, 0.717) is 5.75 Å². The second-order valence-corrected chi connectivity index (χ2v) is 7.59. The molecule has 0 aliphatic carbocycles. The molecule has 0 aromatic heterocycles. The SMILES string of the molecule is CCOC(=O)C(SCc1ccc(OC)cc1)N(Cc1ccccc1)C(=O)C(OC)OC. The quantitative estimate of drug-likeness (QED) is 0.364. The van der Waals surface area contributed by atoms with E-state index in [9.17, 15) is 9.59 Å². The summed E-state index contributed by atoms with van der Waals surface area (Å²) in [6.45, 7) is 2.16. The third kappa shape index (κ3) is 7.27. The lowest BCUT2D eigenvalue weighted by atomic mass is 10.2. The van der Waals surface area contributed by atoms with E-state index in [2.05, 4.69) is 0 Å². The van der Waals surface area contributed by atoms with Crippen LogP contribution >= 0.6 is 11.8 Å². The smallest absolute Gasteiger partial charge is 0.339 e. The molecule has 0 bridgehead atoms. The van der Waals surface area contributed by atoms with Gasteiger partial charge < -0.3 is 23.8 Å². The lowest BCUT2D eigenvalue weighted by Crippen LogP contribution is -2.48. The van der Waals surface area contributed by atoms with Crippen molar-refractivity contribution >= 4 is 23.6 Å². The maximum absolute atomic E-state index is 13.2. The molecule has 168 valence electrons. The van der Waals surface area contributed by atoms with Gasteiger partial charge in [0.15, 0.2) is 5.37 Å². The molecule has 0 saturated carbocycles. The Morgan fingerprint density at radius 2 is 1.58 bits per heavy atom. The number of carbonyl (C=O) groups excluding carboxylic acids is 2. The molecule has 1 atom stereocenters. The molecular formula is C23H29NO6S. The van der Waals surface area contributed by atoms with Gasteiger partial charge in [-0.3, -0.25) is 4.79 Å². The molecule has 31 heavy (non-hydrogen) atoms.